The minimum atomic E-state index is -0.756. The van der Waals surface area contributed by atoms with E-state index in [0.29, 0.717) is 13.1 Å². The highest BCUT2D eigenvalue weighted by molar-refractivity contribution is 5.69. The molecule has 0 fully saturated rings. The standard InChI is InChI=1S/C20H42N2O2/c1-2-3-4-5-6-7-8-9-10-11-12-13-14-15-17-22(18-16-21)19-20(23)24/h2-19,21H2,1H3,(H,23,24). The average Bonchev–Trinajstić information content (AvgIpc) is 2.54. The maximum Gasteiger partial charge on any atom is 0.317 e. The number of unbranched alkanes of at least 4 members (excludes halogenated alkanes) is 13. The molecule has 0 aliphatic heterocycles. The van der Waals surface area contributed by atoms with Gasteiger partial charge in [-0.1, -0.05) is 90.4 Å². The molecule has 0 radical (unpaired) electrons. The minimum Gasteiger partial charge on any atom is -0.480 e. The maximum atomic E-state index is 10.7. The number of carboxylic acid groups (broad SMARTS) is 1. The molecule has 0 bridgehead atoms. The summed E-state index contributed by atoms with van der Waals surface area (Å²) < 4.78 is 0. The van der Waals surface area contributed by atoms with Crippen LogP contribution in [0.1, 0.15) is 96.8 Å². The molecule has 0 saturated carbocycles. The van der Waals surface area contributed by atoms with Crippen LogP contribution in [0.25, 0.3) is 0 Å². The van der Waals surface area contributed by atoms with Crippen molar-refractivity contribution in [3.8, 4) is 0 Å². The molecule has 0 saturated heterocycles. The zero-order valence-corrected chi connectivity index (χ0v) is 16.1. The average molecular weight is 343 g/mol. The van der Waals surface area contributed by atoms with Crippen LogP contribution in [0.5, 0.6) is 0 Å². The van der Waals surface area contributed by atoms with E-state index in [4.69, 9.17) is 10.8 Å². The van der Waals surface area contributed by atoms with Gasteiger partial charge in [-0.05, 0) is 13.0 Å². The Bertz CT molecular complexity index is 272. The highest BCUT2D eigenvalue weighted by atomic mass is 16.4. The Hall–Kier alpha value is -0.610. The molecule has 0 aromatic carbocycles. The number of carboxylic acids is 1. The van der Waals surface area contributed by atoms with Crippen molar-refractivity contribution in [3.05, 3.63) is 0 Å². The lowest BCUT2D eigenvalue weighted by atomic mass is 10.0. The Morgan fingerprint density at radius 3 is 1.54 bits per heavy atom. The molecule has 4 heteroatoms. The first-order chi connectivity index (χ1) is 11.7. The van der Waals surface area contributed by atoms with Gasteiger partial charge in [-0.15, -0.1) is 0 Å². The zero-order valence-electron chi connectivity index (χ0n) is 16.1. The van der Waals surface area contributed by atoms with Crippen molar-refractivity contribution >= 4 is 5.97 Å². The van der Waals surface area contributed by atoms with Crippen LogP contribution < -0.4 is 5.73 Å². The van der Waals surface area contributed by atoms with Crippen LogP contribution in [-0.2, 0) is 4.79 Å². The molecule has 0 aromatic heterocycles. The smallest absolute Gasteiger partial charge is 0.317 e. The Kier molecular flexibility index (Phi) is 18.2. The van der Waals surface area contributed by atoms with Crippen molar-refractivity contribution < 1.29 is 9.90 Å². The third-order valence-electron chi connectivity index (χ3n) is 4.63. The van der Waals surface area contributed by atoms with E-state index >= 15 is 0 Å². The summed E-state index contributed by atoms with van der Waals surface area (Å²) in [5.41, 5.74) is 5.52. The number of carbonyl (C=O) groups is 1. The fourth-order valence-corrected chi connectivity index (χ4v) is 3.17. The number of aliphatic carboxylic acids is 1. The molecule has 0 aliphatic carbocycles. The molecule has 3 N–H and O–H groups in total. The first-order valence-corrected chi connectivity index (χ1v) is 10.3. The van der Waals surface area contributed by atoms with Gasteiger partial charge >= 0.3 is 5.97 Å². The molecule has 0 unspecified atom stereocenters. The summed E-state index contributed by atoms with van der Waals surface area (Å²) in [6, 6.07) is 0. The molecule has 0 aliphatic rings. The fourth-order valence-electron chi connectivity index (χ4n) is 3.17. The highest BCUT2D eigenvalue weighted by Gasteiger charge is 2.07. The molecule has 0 aromatic rings. The summed E-state index contributed by atoms with van der Waals surface area (Å²) in [5.74, 6) is -0.756. The summed E-state index contributed by atoms with van der Waals surface area (Å²) in [6.45, 7) is 4.47. The lowest BCUT2D eigenvalue weighted by molar-refractivity contribution is -0.138. The van der Waals surface area contributed by atoms with Crippen LogP contribution in [-0.4, -0.2) is 42.2 Å². The highest BCUT2D eigenvalue weighted by Crippen LogP contribution is 2.13. The third-order valence-corrected chi connectivity index (χ3v) is 4.63. The van der Waals surface area contributed by atoms with E-state index in [9.17, 15) is 4.79 Å². The van der Waals surface area contributed by atoms with Gasteiger partial charge in [0.15, 0.2) is 0 Å². The van der Waals surface area contributed by atoms with E-state index in [1.165, 1.54) is 83.5 Å². The lowest BCUT2D eigenvalue weighted by Gasteiger charge is -2.18. The van der Waals surface area contributed by atoms with Crippen LogP contribution >= 0.6 is 0 Å². The van der Waals surface area contributed by atoms with Crippen molar-refractivity contribution in [2.24, 2.45) is 5.73 Å². The molecular formula is C20H42N2O2. The number of nitrogens with zero attached hydrogens (tertiary/aromatic N) is 1. The van der Waals surface area contributed by atoms with Gasteiger partial charge in [0.25, 0.3) is 0 Å². The number of nitrogens with two attached hydrogens (primary N) is 1. The molecule has 0 heterocycles. The van der Waals surface area contributed by atoms with Crippen molar-refractivity contribution in [1.82, 2.24) is 4.90 Å². The topological polar surface area (TPSA) is 66.6 Å². The Balaban J connectivity index is 3.25. The van der Waals surface area contributed by atoms with Gasteiger partial charge < -0.3 is 10.8 Å². The normalized spacial score (nSPS) is 11.3. The second-order valence-corrected chi connectivity index (χ2v) is 7.05. The number of hydrogen-bond donors (Lipinski definition) is 2. The van der Waals surface area contributed by atoms with Crippen LogP contribution in [0, 0.1) is 0 Å². The van der Waals surface area contributed by atoms with E-state index in [0.717, 1.165) is 13.0 Å². The molecule has 144 valence electrons. The van der Waals surface area contributed by atoms with Gasteiger partial charge in [0, 0.05) is 13.1 Å². The number of hydrogen-bond acceptors (Lipinski definition) is 3. The zero-order chi connectivity index (χ0) is 17.9. The van der Waals surface area contributed by atoms with Crippen LogP contribution in [0.15, 0.2) is 0 Å². The van der Waals surface area contributed by atoms with Gasteiger partial charge in [0.05, 0.1) is 6.54 Å². The van der Waals surface area contributed by atoms with Crippen molar-refractivity contribution in [1.29, 1.82) is 0 Å². The summed E-state index contributed by atoms with van der Waals surface area (Å²) >= 11 is 0. The van der Waals surface area contributed by atoms with Crippen molar-refractivity contribution in [2.45, 2.75) is 96.8 Å². The van der Waals surface area contributed by atoms with Crippen molar-refractivity contribution in [2.75, 3.05) is 26.2 Å². The van der Waals surface area contributed by atoms with Crippen LogP contribution in [0.2, 0.25) is 0 Å². The predicted octanol–water partition coefficient (Wildman–Crippen LogP) is 4.81. The SMILES string of the molecule is CCCCCCCCCCCCCCCCN(CCN)CC(=O)O. The van der Waals surface area contributed by atoms with Crippen LogP contribution in [0.4, 0.5) is 0 Å². The first kappa shape index (κ1) is 23.4. The Labute approximate surface area is 150 Å². The van der Waals surface area contributed by atoms with Gasteiger partial charge in [0.1, 0.15) is 0 Å². The summed E-state index contributed by atoms with van der Waals surface area (Å²) in [6.07, 6.45) is 18.9. The van der Waals surface area contributed by atoms with E-state index in [-0.39, 0.29) is 6.54 Å². The molecule has 0 atom stereocenters. The molecule has 0 spiro atoms. The number of rotatable bonds is 19. The Morgan fingerprint density at radius 1 is 0.750 bits per heavy atom. The largest absolute Gasteiger partial charge is 0.480 e. The van der Waals surface area contributed by atoms with Gasteiger partial charge in [0.2, 0.25) is 0 Å². The van der Waals surface area contributed by atoms with E-state index in [1.807, 2.05) is 4.90 Å². The second-order valence-electron chi connectivity index (χ2n) is 7.05. The first-order valence-electron chi connectivity index (χ1n) is 10.3. The summed E-state index contributed by atoms with van der Waals surface area (Å²) in [4.78, 5) is 12.7. The lowest BCUT2D eigenvalue weighted by Crippen LogP contribution is -2.34. The maximum absolute atomic E-state index is 10.7. The predicted molar refractivity (Wildman–Crippen MR) is 103 cm³/mol. The van der Waals surface area contributed by atoms with Gasteiger partial charge in [-0.3, -0.25) is 9.69 Å². The van der Waals surface area contributed by atoms with Crippen LogP contribution in [0.3, 0.4) is 0 Å². The molecule has 0 amide bonds. The Morgan fingerprint density at radius 2 is 1.17 bits per heavy atom. The van der Waals surface area contributed by atoms with Gasteiger partial charge in [-0.25, -0.2) is 0 Å². The minimum absolute atomic E-state index is 0.121. The van der Waals surface area contributed by atoms with E-state index < -0.39 is 5.97 Å². The van der Waals surface area contributed by atoms with Crippen molar-refractivity contribution in [3.63, 3.8) is 0 Å². The molecule has 24 heavy (non-hydrogen) atoms. The molecule has 4 nitrogen and oxygen atoms in total. The fraction of sp³-hybridized carbons (Fsp3) is 0.950. The summed E-state index contributed by atoms with van der Waals surface area (Å²) in [7, 11) is 0. The van der Waals surface area contributed by atoms with E-state index in [1.54, 1.807) is 0 Å². The quantitative estimate of drug-likeness (QED) is 0.330. The van der Waals surface area contributed by atoms with E-state index in [2.05, 4.69) is 6.92 Å². The third kappa shape index (κ3) is 17.7. The monoisotopic (exact) mass is 342 g/mol. The molecule has 0 rings (SSSR count). The molecular weight excluding hydrogens is 300 g/mol. The second kappa shape index (κ2) is 18.7. The van der Waals surface area contributed by atoms with Gasteiger partial charge in [-0.2, -0.15) is 0 Å². The summed E-state index contributed by atoms with van der Waals surface area (Å²) in [5, 5.41) is 8.84.